The van der Waals surface area contributed by atoms with Gasteiger partial charge in [-0.05, 0) is 44.7 Å². The highest BCUT2D eigenvalue weighted by molar-refractivity contribution is 7.91. The second kappa shape index (κ2) is 11.8. The minimum absolute atomic E-state index is 0.0675. The van der Waals surface area contributed by atoms with Gasteiger partial charge in [0, 0.05) is 23.9 Å². The summed E-state index contributed by atoms with van der Waals surface area (Å²) < 4.78 is 35.3. The first-order valence-electron chi connectivity index (χ1n) is 10.3. The van der Waals surface area contributed by atoms with E-state index in [0.29, 0.717) is 6.42 Å². The quantitative estimate of drug-likeness (QED) is 0.339. The molecule has 0 heterocycles. The third kappa shape index (κ3) is 8.79. The Labute approximate surface area is 188 Å². The van der Waals surface area contributed by atoms with Crippen LogP contribution in [0, 0.1) is 0 Å². The minimum atomic E-state index is -3.41. The second-order valence-corrected chi connectivity index (χ2v) is 13.2. The Hall–Kier alpha value is -1.63. The van der Waals surface area contributed by atoms with Crippen LogP contribution in [0.1, 0.15) is 44.7 Å². The summed E-state index contributed by atoms with van der Waals surface area (Å²) in [6.07, 6.45) is 0.615. The number of aryl methyl sites for hydroxylation is 1. The van der Waals surface area contributed by atoms with Crippen LogP contribution >= 0.6 is 7.37 Å². The largest absolute Gasteiger partial charge is 0.598 e. The summed E-state index contributed by atoms with van der Waals surface area (Å²) in [6, 6.07) is 19.1. The van der Waals surface area contributed by atoms with Crippen molar-refractivity contribution >= 4 is 24.7 Å². The average Bonchev–Trinajstić information content (AvgIpc) is 2.74. The SMILES string of the molecule is CC(C)(C)[S+]([O-])NC(CCC(=O)O)P(=O)(CCc1ccccc1)OCc1ccccc1. The molecule has 31 heavy (non-hydrogen) atoms. The minimum Gasteiger partial charge on any atom is -0.598 e. The molecule has 0 saturated carbocycles. The number of nitrogens with one attached hydrogen (secondary N) is 1. The maximum atomic E-state index is 14.1. The molecule has 2 N–H and O–H groups in total. The highest BCUT2D eigenvalue weighted by Crippen LogP contribution is 2.54. The van der Waals surface area contributed by atoms with Crippen LogP contribution in [0.15, 0.2) is 60.7 Å². The number of carboxylic acids is 1. The predicted octanol–water partition coefficient (Wildman–Crippen LogP) is 4.97. The van der Waals surface area contributed by atoms with Gasteiger partial charge in [0.25, 0.3) is 0 Å². The topological polar surface area (TPSA) is 98.7 Å². The van der Waals surface area contributed by atoms with Crippen molar-refractivity contribution in [3.63, 3.8) is 0 Å². The van der Waals surface area contributed by atoms with Gasteiger partial charge in [0.05, 0.1) is 6.61 Å². The van der Waals surface area contributed by atoms with Crippen molar-refractivity contribution in [2.24, 2.45) is 0 Å². The zero-order valence-corrected chi connectivity index (χ0v) is 20.0. The predicted molar refractivity (Wildman–Crippen MR) is 126 cm³/mol. The Balaban J connectivity index is 2.27. The van der Waals surface area contributed by atoms with Gasteiger partial charge in [0.15, 0.2) is 0 Å². The van der Waals surface area contributed by atoms with Crippen molar-refractivity contribution in [1.82, 2.24) is 4.72 Å². The standard InChI is InChI=1S/C23H32NO5PS/c1-23(2,3)31(28)24-21(14-15-22(25)26)30(27,17-16-19-10-6-4-7-11-19)29-18-20-12-8-5-9-13-20/h4-13,21,24H,14-18H2,1-3H3,(H,25,26). The van der Waals surface area contributed by atoms with E-state index in [2.05, 4.69) is 4.72 Å². The number of carbonyl (C=O) groups is 1. The van der Waals surface area contributed by atoms with Crippen molar-refractivity contribution in [3.05, 3.63) is 71.8 Å². The van der Waals surface area contributed by atoms with E-state index in [1.165, 1.54) is 0 Å². The highest BCUT2D eigenvalue weighted by Gasteiger charge is 2.40. The summed E-state index contributed by atoms with van der Waals surface area (Å²) in [5.41, 5.74) is 1.89. The van der Waals surface area contributed by atoms with Crippen LogP contribution < -0.4 is 4.72 Å². The highest BCUT2D eigenvalue weighted by atomic mass is 32.2. The molecule has 3 atom stereocenters. The van der Waals surface area contributed by atoms with Crippen molar-refractivity contribution in [3.8, 4) is 0 Å². The molecule has 2 aromatic rings. The van der Waals surface area contributed by atoms with Crippen molar-refractivity contribution < 1.29 is 23.5 Å². The average molecular weight is 466 g/mol. The zero-order valence-electron chi connectivity index (χ0n) is 18.3. The molecule has 2 aromatic carbocycles. The Bertz CT molecular complexity index is 810. The van der Waals surface area contributed by atoms with Crippen molar-refractivity contribution in [2.75, 3.05) is 6.16 Å². The van der Waals surface area contributed by atoms with Gasteiger partial charge in [0.1, 0.15) is 10.5 Å². The van der Waals surface area contributed by atoms with Gasteiger partial charge in [-0.1, -0.05) is 60.7 Å². The molecule has 0 saturated heterocycles. The number of aliphatic carboxylic acids is 1. The molecule has 2 rings (SSSR count). The Morgan fingerprint density at radius 1 is 1.10 bits per heavy atom. The molecule has 0 aliphatic carbocycles. The number of hydrogen-bond acceptors (Lipinski definition) is 5. The van der Waals surface area contributed by atoms with Crippen LogP contribution in [0.4, 0.5) is 0 Å². The summed E-state index contributed by atoms with van der Waals surface area (Å²) >= 11 is -1.52. The van der Waals surface area contributed by atoms with E-state index >= 15 is 0 Å². The summed E-state index contributed by atoms with van der Waals surface area (Å²) in [4.78, 5) is 11.2. The molecule has 0 aromatic heterocycles. The Morgan fingerprint density at radius 3 is 2.16 bits per heavy atom. The molecule has 0 amide bonds. The third-order valence-electron chi connectivity index (χ3n) is 4.75. The maximum Gasteiger partial charge on any atom is 0.303 e. The molecule has 0 spiro atoms. The lowest BCUT2D eigenvalue weighted by molar-refractivity contribution is -0.137. The van der Waals surface area contributed by atoms with E-state index in [1.54, 1.807) is 0 Å². The molecular formula is C23H32NO5PS. The van der Waals surface area contributed by atoms with E-state index in [0.717, 1.165) is 11.1 Å². The van der Waals surface area contributed by atoms with Gasteiger partial charge in [-0.3, -0.25) is 9.36 Å². The summed E-state index contributed by atoms with van der Waals surface area (Å²) in [7, 11) is -3.41. The number of rotatable bonds is 12. The molecule has 0 bridgehead atoms. The van der Waals surface area contributed by atoms with Gasteiger partial charge in [-0.25, -0.2) is 0 Å². The fourth-order valence-corrected chi connectivity index (χ4v) is 6.62. The molecule has 170 valence electrons. The fraction of sp³-hybridized carbons (Fsp3) is 0.435. The maximum absolute atomic E-state index is 14.1. The first-order valence-corrected chi connectivity index (χ1v) is 13.3. The van der Waals surface area contributed by atoms with Crippen LogP contribution in [0.3, 0.4) is 0 Å². The third-order valence-corrected chi connectivity index (χ3v) is 9.29. The summed E-state index contributed by atoms with van der Waals surface area (Å²) in [5, 5.41) is 9.20. The second-order valence-electron chi connectivity index (χ2n) is 8.39. The van der Waals surface area contributed by atoms with Gasteiger partial charge < -0.3 is 14.2 Å². The number of carboxylic acid groups (broad SMARTS) is 1. The molecule has 0 aliphatic rings. The van der Waals surface area contributed by atoms with Crippen LogP contribution in [-0.2, 0) is 38.3 Å². The summed E-state index contributed by atoms with van der Waals surface area (Å²) in [5.74, 6) is -1.82. The lowest BCUT2D eigenvalue weighted by Gasteiger charge is -2.32. The van der Waals surface area contributed by atoms with E-state index in [-0.39, 0.29) is 25.6 Å². The van der Waals surface area contributed by atoms with Gasteiger partial charge in [-0.15, -0.1) is 4.72 Å². The smallest absolute Gasteiger partial charge is 0.303 e. The lowest BCUT2D eigenvalue weighted by Crippen LogP contribution is -2.45. The Kier molecular flexibility index (Phi) is 9.79. The molecule has 3 unspecified atom stereocenters. The molecule has 8 heteroatoms. The van der Waals surface area contributed by atoms with E-state index in [1.807, 2.05) is 81.4 Å². The lowest BCUT2D eigenvalue weighted by atomic mass is 10.2. The number of benzene rings is 2. The van der Waals surface area contributed by atoms with Gasteiger partial charge in [0.2, 0.25) is 7.37 Å². The molecule has 0 radical (unpaired) electrons. The summed E-state index contributed by atoms with van der Waals surface area (Å²) in [6.45, 7) is 5.57. The monoisotopic (exact) mass is 465 g/mol. The van der Waals surface area contributed by atoms with Crippen LogP contribution in [-0.4, -0.2) is 32.3 Å². The van der Waals surface area contributed by atoms with Gasteiger partial charge in [-0.2, -0.15) is 0 Å². The first kappa shape index (κ1) is 25.6. The van der Waals surface area contributed by atoms with E-state index in [9.17, 15) is 19.0 Å². The fourth-order valence-electron chi connectivity index (χ4n) is 2.89. The van der Waals surface area contributed by atoms with E-state index in [4.69, 9.17) is 4.52 Å². The molecule has 6 nitrogen and oxygen atoms in total. The number of hydrogen-bond donors (Lipinski definition) is 2. The van der Waals surface area contributed by atoms with Crippen LogP contribution in [0.25, 0.3) is 0 Å². The van der Waals surface area contributed by atoms with E-state index < -0.39 is 35.2 Å². The molecule has 0 fully saturated rings. The van der Waals surface area contributed by atoms with Crippen LogP contribution in [0.2, 0.25) is 0 Å². The van der Waals surface area contributed by atoms with Gasteiger partial charge >= 0.3 is 5.97 Å². The molecular weight excluding hydrogens is 433 g/mol. The molecule has 0 aliphatic heterocycles. The van der Waals surface area contributed by atoms with Crippen LogP contribution in [0.5, 0.6) is 0 Å². The van der Waals surface area contributed by atoms with Crippen molar-refractivity contribution in [1.29, 1.82) is 0 Å². The zero-order chi connectivity index (χ0) is 22.9. The normalized spacial score (nSPS) is 15.7. The Morgan fingerprint density at radius 2 is 1.65 bits per heavy atom. The van der Waals surface area contributed by atoms with Crippen molar-refractivity contribution in [2.45, 2.75) is 57.2 Å². The first-order chi connectivity index (χ1) is 14.6.